The lowest BCUT2D eigenvalue weighted by Crippen LogP contribution is -2.40. The number of imide groups is 1. The maximum Gasteiger partial charge on any atom is 0.261 e. The van der Waals surface area contributed by atoms with Crippen molar-refractivity contribution in [3.8, 4) is 0 Å². The van der Waals surface area contributed by atoms with Gasteiger partial charge >= 0.3 is 0 Å². The van der Waals surface area contributed by atoms with E-state index < -0.39 is 10.0 Å². The monoisotopic (exact) mass is 412 g/mol. The molecule has 1 N–H and O–H groups in total. The summed E-state index contributed by atoms with van der Waals surface area (Å²) in [5.74, 6) is -0.577. The van der Waals surface area contributed by atoms with Gasteiger partial charge in [-0.15, -0.1) is 0 Å². The highest BCUT2D eigenvalue weighted by molar-refractivity contribution is 7.92. The molecule has 0 radical (unpaired) electrons. The van der Waals surface area contributed by atoms with Crippen molar-refractivity contribution in [3.63, 3.8) is 0 Å². The fourth-order valence-electron chi connectivity index (χ4n) is 2.64. The largest absolute Gasteiger partial charge is 0.280 e. The van der Waals surface area contributed by atoms with Gasteiger partial charge in [-0.1, -0.05) is 23.2 Å². The van der Waals surface area contributed by atoms with Gasteiger partial charge in [-0.2, -0.15) is 0 Å². The van der Waals surface area contributed by atoms with Crippen LogP contribution in [0.2, 0.25) is 10.0 Å². The van der Waals surface area contributed by atoms with Crippen LogP contribution in [-0.4, -0.2) is 20.2 Å². The van der Waals surface area contributed by atoms with Crippen molar-refractivity contribution in [2.24, 2.45) is 0 Å². The predicted octanol–water partition coefficient (Wildman–Crippen LogP) is 3.84. The van der Waals surface area contributed by atoms with Crippen molar-refractivity contribution in [2.45, 2.75) is 24.2 Å². The number of hydrogen-bond donors (Lipinski definition) is 1. The zero-order valence-electron chi connectivity index (χ0n) is 13.4. The Kier molecular flexibility index (Phi) is 5.22. The molecule has 1 saturated heterocycles. The fourth-order valence-corrected chi connectivity index (χ4v) is 4.21. The number of amides is 2. The normalized spacial score (nSPS) is 15.2. The number of nitrogens with zero attached hydrogens (tertiary/aromatic N) is 1. The highest BCUT2D eigenvalue weighted by Crippen LogP contribution is 2.27. The molecule has 0 atom stereocenters. The topological polar surface area (TPSA) is 83.6 Å². The molecule has 9 heteroatoms. The first kappa shape index (κ1) is 18.7. The van der Waals surface area contributed by atoms with E-state index in [4.69, 9.17) is 23.2 Å². The van der Waals surface area contributed by atoms with Crippen LogP contribution in [-0.2, 0) is 19.6 Å². The van der Waals surface area contributed by atoms with E-state index in [0.29, 0.717) is 35.0 Å². The minimum atomic E-state index is -3.88. The molecule has 2 aromatic carbocycles. The zero-order chi connectivity index (χ0) is 18.9. The summed E-state index contributed by atoms with van der Waals surface area (Å²) in [6, 6.07) is 9.89. The van der Waals surface area contributed by atoms with Crippen molar-refractivity contribution in [1.29, 1.82) is 0 Å². The van der Waals surface area contributed by atoms with Gasteiger partial charge in [0.2, 0.25) is 11.8 Å². The van der Waals surface area contributed by atoms with Gasteiger partial charge < -0.3 is 0 Å². The molecule has 2 amide bonds. The number of rotatable bonds is 4. The van der Waals surface area contributed by atoms with Crippen LogP contribution in [0.4, 0.5) is 11.4 Å². The van der Waals surface area contributed by atoms with Crippen molar-refractivity contribution < 1.29 is 18.0 Å². The third kappa shape index (κ3) is 4.00. The third-order valence-electron chi connectivity index (χ3n) is 3.80. The number of sulfonamides is 1. The summed E-state index contributed by atoms with van der Waals surface area (Å²) < 4.78 is 27.4. The molecule has 0 bridgehead atoms. The molecule has 1 fully saturated rings. The fraction of sp³-hybridized carbons (Fsp3) is 0.176. The van der Waals surface area contributed by atoms with Crippen molar-refractivity contribution >= 4 is 56.4 Å². The second-order valence-electron chi connectivity index (χ2n) is 5.73. The molecular formula is C17H14Cl2N2O4S. The Morgan fingerprint density at radius 2 is 1.42 bits per heavy atom. The summed E-state index contributed by atoms with van der Waals surface area (Å²) in [6.07, 6.45) is 1.12. The summed E-state index contributed by atoms with van der Waals surface area (Å²) in [6.45, 7) is 0. The Bertz CT molecular complexity index is 939. The van der Waals surface area contributed by atoms with Gasteiger partial charge in [-0.3, -0.25) is 19.2 Å². The minimum Gasteiger partial charge on any atom is -0.280 e. The van der Waals surface area contributed by atoms with E-state index in [0.717, 1.165) is 4.90 Å². The molecule has 0 aliphatic carbocycles. The number of piperidine rings is 1. The van der Waals surface area contributed by atoms with Gasteiger partial charge in [0, 0.05) is 22.9 Å². The molecule has 0 unspecified atom stereocenters. The number of halogens is 2. The van der Waals surface area contributed by atoms with Gasteiger partial charge in [0.25, 0.3) is 10.0 Å². The second-order valence-corrected chi connectivity index (χ2v) is 8.29. The summed E-state index contributed by atoms with van der Waals surface area (Å²) >= 11 is 11.7. The molecule has 1 heterocycles. The molecule has 1 aliphatic rings. The van der Waals surface area contributed by atoms with Gasteiger partial charge in [-0.05, 0) is 48.9 Å². The van der Waals surface area contributed by atoms with E-state index in [2.05, 4.69) is 4.72 Å². The molecular weight excluding hydrogens is 399 g/mol. The smallest absolute Gasteiger partial charge is 0.261 e. The van der Waals surface area contributed by atoms with Crippen molar-refractivity contribution in [3.05, 3.63) is 52.5 Å². The third-order valence-corrected chi connectivity index (χ3v) is 5.63. The van der Waals surface area contributed by atoms with E-state index in [1.807, 2.05) is 0 Å². The van der Waals surface area contributed by atoms with Gasteiger partial charge in [0.1, 0.15) is 0 Å². The number of anilines is 2. The molecule has 0 saturated carbocycles. The SMILES string of the molecule is O=C1CCCC(=O)N1c1ccc(S(=O)(=O)Nc2cc(Cl)cc(Cl)c2)cc1. The molecule has 0 aromatic heterocycles. The Morgan fingerprint density at radius 1 is 0.885 bits per heavy atom. The zero-order valence-corrected chi connectivity index (χ0v) is 15.7. The van der Waals surface area contributed by atoms with E-state index in [9.17, 15) is 18.0 Å². The van der Waals surface area contributed by atoms with Gasteiger partial charge in [0.05, 0.1) is 16.3 Å². The standard InChI is InChI=1S/C17H14Cl2N2O4S/c18-11-8-12(19)10-13(9-11)20-26(24,25)15-6-4-14(5-7-15)21-16(22)2-1-3-17(21)23/h4-10,20H,1-3H2. The Hall–Kier alpha value is -2.09. The average molecular weight is 413 g/mol. The molecule has 6 nitrogen and oxygen atoms in total. The molecule has 2 aromatic rings. The van der Waals surface area contributed by atoms with Crippen LogP contribution in [0, 0.1) is 0 Å². The molecule has 26 heavy (non-hydrogen) atoms. The second kappa shape index (κ2) is 7.26. The Morgan fingerprint density at radius 3 is 1.96 bits per heavy atom. The number of benzene rings is 2. The lowest BCUT2D eigenvalue weighted by molar-refractivity contribution is -0.129. The van der Waals surface area contributed by atoms with Crippen LogP contribution in [0.1, 0.15) is 19.3 Å². The summed E-state index contributed by atoms with van der Waals surface area (Å²) in [5, 5.41) is 0.598. The minimum absolute atomic E-state index is 0.0192. The van der Waals surface area contributed by atoms with Gasteiger partial charge in [-0.25, -0.2) is 8.42 Å². The number of carbonyl (C=O) groups is 2. The van der Waals surface area contributed by atoms with Crippen LogP contribution in [0.5, 0.6) is 0 Å². The van der Waals surface area contributed by atoms with E-state index in [-0.39, 0.29) is 22.4 Å². The predicted molar refractivity (Wildman–Crippen MR) is 100 cm³/mol. The quantitative estimate of drug-likeness (QED) is 0.773. The summed E-state index contributed by atoms with van der Waals surface area (Å²) in [5.41, 5.74) is 0.581. The lowest BCUT2D eigenvalue weighted by atomic mass is 10.1. The van der Waals surface area contributed by atoms with E-state index in [1.165, 1.54) is 42.5 Å². The first-order valence-corrected chi connectivity index (χ1v) is 9.95. The number of nitrogens with one attached hydrogen (secondary N) is 1. The van der Waals surface area contributed by atoms with Crippen LogP contribution in [0.3, 0.4) is 0 Å². The van der Waals surface area contributed by atoms with Crippen LogP contribution >= 0.6 is 23.2 Å². The van der Waals surface area contributed by atoms with Crippen LogP contribution in [0.25, 0.3) is 0 Å². The average Bonchev–Trinajstić information content (AvgIpc) is 2.53. The number of carbonyl (C=O) groups excluding carboxylic acids is 2. The Labute approximate surface area is 160 Å². The van der Waals surface area contributed by atoms with Crippen molar-refractivity contribution in [2.75, 3.05) is 9.62 Å². The van der Waals surface area contributed by atoms with E-state index >= 15 is 0 Å². The maximum absolute atomic E-state index is 12.5. The molecule has 136 valence electrons. The summed E-state index contributed by atoms with van der Waals surface area (Å²) in [7, 11) is -3.88. The van der Waals surface area contributed by atoms with E-state index in [1.54, 1.807) is 0 Å². The van der Waals surface area contributed by atoms with Crippen molar-refractivity contribution in [1.82, 2.24) is 0 Å². The van der Waals surface area contributed by atoms with Crippen LogP contribution < -0.4 is 9.62 Å². The van der Waals surface area contributed by atoms with Crippen LogP contribution in [0.15, 0.2) is 47.4 Å². The lowest BCUT2D eigenvalue weighted by Gasteiger charge is -2.24. The first-order valence-electron chi connectivity index (χ1n) is 7.71. The highest BCUT2D eigenvalue weighted by Gasteiger charge is 2.27. The van der Waals surface area contributed by atoms with Gasteiger partial charge in [0.15, 0.2) is 0 Å². The molecule has 1 aliphatic heterocycles. The first-order chi connectivity index (χ1) is 12.3. The Balaban J connectivity index is 1.85. The maximum atomic E-state index is 12.5. The molecule has 0 spiro atoms. The summed E-state index contributed by atoms with van der Waals surface area (Å²) in [4.78, 5) is 25.0. The molecule has 3 rings (SSSR count). The highest BCUT2D eigenvalue weighted by atomic mass is 35.5. The number of hydrogen-bond acceptors (Lipinski definition) is 4.